The molecule has 2 aromatic rings. The van der Waals surface area contributed by atoms with Gasteiger partial charge in [-0.15, -0.1) is 0 Å². The van der Waals surface area contributed by atoms with E-state index in [-0.39, 0.29) is 5.84 Å². The van der Waals surface area contributed by atoms with Gasteiger partial charge in [-0.3, -0.25) is 5.41 Å². The highest BCUT2D eigenvalue weighted by atomic mass is 16.5. The van der Waals surface area contributed by atoms with E-state index in [1.165, 1.54) is 6.20 Å². The summed E-state index contributed by atoms with van der Waals surface area (Å²) < 4.78 is 0.978. The predicted octanol–water partition coefficient (Wildman–Crippen LogP) is 1.16. The van der Waals surface area contributed by atoms with Crippen molar-refractivity contribution in [2.24, 2.45) is 5.73 Å². The third-order valence-electron chi connectivity index (χ3n) is 1.98. The third kappa shape index (κ3) is 1.03. The summed E-state index contributed by atoms with van der Waals surface area (Å²) in [5, 5.41) is 17.6. The fraction of sp³-hybridized carbons (Fsp3) is 0. The van der Waals surface area contributed by atoms with Gasteiger partial charge in [-0.05, 0) is 12.1 Å². The predicted molar refractivity (Wildman–Crippen MR) is 50.1 cm³/mol. The number of fused-ring (bicyclic) bond motifs is 1. The zero-order chi connectivity index (χ0) is 9.42. The van der Waals surface area contributed by atoms with Crippen molar-refractivity contribution in [1.82, 2.24) is 4.73 Å². The molecule has 2 rings (SSSR count). The topological polar surface area (TPSA) is 75.0 Å². The molecule has 1 heterocycles. The molecule has 0 atom stereocenters. The highest BCUT2D eigenvalue weighted by Crippen LogP contribution is 2.18. The molecule has 66 valence electrons. The minimum Gasteiger partial charge on any atom is -0.428 e. The summed E-state index contributed by atoms with van der Waals surface area (Å²) in [6.07, 6.45) is 1.52. The normalized spacial score (nSPS) is 10.5. The van der Waals surface area contributed by atoms with Crippen molar-refractivity contribution in [3.63, 3.8) is 0 Å². The summed E-state index contributed by atoms with van der Waals surface area (Å²) in [5.74, 6) is -0.0420. The molecular weight excluding hydrogens is 166 g/mol. The van der Waals surface area contributed by atoms with Gasteiger partial charge in [-0.2, -0.15) is 4.73 Å². The lowest BCUT2D eigenvalue weighted by Crippen LogP contribution is -2.12. The van der Waals surface area contributed by atoms with Crippen LogP contribution >= 0.6 is 0 Å². The van der Waals surface area contributed by atoms with Crippen molar-refractivity contribution in [3.05, 3.63) is 36.0 Å². The smallest absolute Gasteiger partial charge is 0.125 e. The van der Waals surface area contributed by atoms with Crippen molar-refractivity contribution in [2.45, 2.75) is 0 Å². The molecule has 13 heavy (non-hydrogen) atoms. The van der Waals surface area contributed by atoms with E-state index >= 15 is 0 Å². The van der Waals surface area contributed by atoms with Gasteiger partial charge in [0.1, 0.15) is 5.84 Å². The number of hydrogen-bond donors (Lipinski definition) is 3. The molecule has 4 N–H and O–H groups in total. The van der Waals surface area contributed by atoms with Crippen molar-refractivity contribution >= 4 is 16.7 Å². The summed E-state index contributed by atoms with van der Waals surface area (Å²) in [7, 11) is 0. The first kappa shape index (κ1) is 7.67. The Balaban J connectivity index is 2.88. The van der Waals surface area contributed by atoms with E-state index in [0.29, 0.717) is 11.1 Å². The lowest BCUT2D eigenvalue weighted by Gasteiger charge is -2.02. The van der Waals surface area contributed by atoms with Gasteiger partial charge in [0.2, 0.25) is 0 Å². The number of nitrogens with one attached hydrogen (secondary N) is 1. The number of amidine groups is 1. The summed E-state index contributed by atoms with van der Waals surface area (Å²) >= 11 is 0. The molecule has 0 amide bonds. The monoisotopic (exact) mass is 175 g/mol. The van der Waals surface area contributed by atoms with E-state index in [1.807, 2.05) is 6.07 Å². The first-order valence-electron chi connectivity index (χ1n) is 3.84. The number of benzene rings is 1. The van der Waals surface area contributed by atoms with Crippen molar-refractivity contribution in [1.29, 1.82) is 5.41 Å². The van der Waals surface area contributed by atoms with E-state index in [4.69, 9.17) is 11.1 Å². The number of nitrogens with two attached hydrogens (primary N) is 1. The number of nitrogen functional groups attached to an aromatic ring is 1. The lowest BCUT2D eigenvalue weighted by atomic mass is 10.1. The molecule has 0 unspecified atom stereocenters. The maximum absolute atomic E-state index is 9.41. The highest BCUT2D eigenvalue weighted by molar-refractivity contribution is 6.06. The van der Waals surface area contributed by atoms with Gasteiger partial charge in [0.05, 0.1) is 5.52 Å². The highest BCUT2D eigenvalue weighted by Gasteiger charge is 2.07. The Labute approximate surface area is 74.7 Å². The Bertz CT molecular complexity index is 473. The summed E-state index contributed by atoms with van der Waals surface area (Å²) in [6.45, 7) is 0. The van der Waals surface area contributed by atoms with Gasteiger partial charge in [-0.25, -0.2) is 0 Å². The second kappa shape index (κ2) is 2.52. The number of rotatable bonds is 1. The SMILES string of the molecule is N=C(N)c1cccc2ccn(O)c12. The number of nitrogens with zero attached hydrogens (tertiary/aromatic N) is 1. The van der Waals surface area contributed by atoms with Gasteiger partial charge in [-0.1, -0.05) is 12.1 Å². The van der Waals surface area contributed by atoms with Gasteiger partial charge >= 0.3 is 0 Å². The molecule has 0 bridgehead atoms. The maximum Gasteiger partial charge on any atom is 0.125 e. The third-order valence-corrected chi connectivity index (χ3v) is 1.98. The fourth-order valence-corrected chi connectivity index (χ4v) is 1.39. The van der Waals surface area contributed by atoms with Gasteiger partial charge in [0, 0.05) is 17.1 Å². The first-order valence-corrected chi connectivity index (χ1v) is 3.84. The van der Waals surface area contributed by atoms with E-state index in [9.17, 15) is 5.21 Å². The van der Waals surface area contributed by atoms with Crippen LogP contribution in [0.4, 0.5) is 0 Å². The standard InChI is InChI=1S/C9H9N3O/c10-9(11)7-3-1-2-6-4-5-12(13)8(6)7/h1-5,13H,(H3,10,11). The van der Waals surface area contributed by atoms with E-state index in [1.54, 1.807) is 18.2 Å². The number of aromatic nitrogens is 1. The molecule has 1 aromatic carbocycles. The molecular formula is C9H9N3O. The first-order chi connectivity index (χ1) is 6.20. The van der Waals surface area contributed by atoms with Crippen molar-refractivity contribution < 1.29 is 5.21 Å². The Morgan fingerprint density at radius 2 is 2.15 bits per heavy atom. The Hall–Kier alpha value is -1.97. The average Bonchev–Trinajstić information content (AvgIpc) is 2.48. The Morgan fingerprint density at radius 3 is 2.85 bits per heavy atom. The Kier molecular flexibility index (Phi) is 1.48. The fourth-order valence-electron chi connectivity index (χ4n) is 1.39. The molecule has 0 aliphatic rings. The van der Waals surface area contributed by atoms with Crippen molar-refractivity contribution in [3.8, 4) is 0 Å². The van der Waals surface area contributed by atoms with Crippen LogP contribution < -0.4 is 5.73 Å². The molecule has 0 aliphatic heterocycles. The maximum atomic E-state index is 9.41. The lowest BCUT2D eigenvalue weighted by molar-refractivity contribution is 0.200. The van der Waals surface area contributed by atoms with Crippen LogP contribution in [0.15, 0.2) is 30.5 Å². The number of hydrogen-bond acceptors (Lipinski definition) is 2. The minimum atomic E-state index is -0.0420. The molecule has 0 radical (unpaired) electrons. The Morgan fingerprint density at radius 1 is 1.38 bits per heavy atom. The second-order valence-electron chi connectivity index (χ2n) is 2.82. The van der Waals surface area contributed by atoms with Crippen LogP contribution in [0.2, 0.25) is 0 Å². The van der Waals surface area contributed by atoms with Gasteiger partial charge in [0.25, 0.3) is 0 Å². The summed E-state index contributed by atoms with van der Waals surface area (Å²) in [4.78, 5) is 0. The van der Waals surface area contributed by atoms with E-state index < -0.39 is 0 Å². The van der Waals surface area contributed by atoms with Crippen molar-refractivity contribution in [2.75, 3.05) is 0 Å². The molecule has 0 saturated heterocycles. The second-order valence-corrected chi connectivity index (χ2v) is 2.82. The van der Waals surface area contributed by atoms with E-state index in [0.717, 1.165) is 10.1 Å². The van der Waals surface area contributed by atoms with Crippen LogP contribution in [0.3, 0.4) is 0 Å². The van der Waals surface area contributed by atoms with Crippen LogP contribution in [-0.4, -0.2) is 15.8 Å². The molecule has 0 spiro atoms. The molecule has 0 saturated carbocycles. The molecule has 0 fully saturated rings. The molecule has 0 aliphatic carbocycles. The van der Waals surface area contributed by atoms with Gasteiger partial charge < -0.3 is 10.9 Å². The average molecular weight is 175 g/mol. The van der Waals surface area contributed by atoms with Crippen LogP contribution in [0, 0.1) is 5.41 Å². The largest absolute Gasteiger partial charge is 0.428 e. The summed E-state index contributed by atoms with van der Waals surface area (Å²) in [5.41, 5.74) is 6.49. The van der Waals surface area contributed by atoms with Crippen LogP contribution in [0.5, 0.6) is 0 Å². The van der Waals surface area contributed by atoms with Crippen LogP contribution in [0.25, 0.3) is 10.9 Å². The quantitative estimate of drug-likeness (QED) is 0.345. The van der Waals surface area contributed by atoms with E-state index in [2.05, 4.69) is 0 Å². The molecule has 4 heteroatoms. The number of para-hydroxylation sites is 1. The zero-order valence-electron chi connectivity index (χ0n) is 6.86. The van der Waals surface area contributed by atoms with Crippen LogP contribution in [0.1, 0.15) is 5.56 Å². The zero-order valence-corrected chi connectivity index (χ0v) is 6.86. The molecule has 4 nitrogen and oxygen atoms in total. The van der Waals surface area contributed by atoms with Crippen LogP contribution in [-0.2, 0) is 0 Å². The summed E-state index contributed by atoms with van der Waals surface area (Å²) in [6, 6.07) is 7.13. The van der Waals surface area contributed by atoms with Gasteiger partial charge in [0.15, 0.2) is 0 Å². The molecule has 1 aromatic heterocycles. The minimum absolute atomic E-state index is 0.0420.